The summed E-state index contributed by atoms with van der Waals surface area (Å²) in [5.74, 6) is 0.319. The molecule has 1 fully saturated rings. The zero-order valence-corrected chi connectivity index (χ0v) is 16.1. The molecule has 6 nitrogen and oxygen atoms in total. The van der Waals surface area contributed by atoms with Crippen LogP contribution >= 0.6 is 0 Å². The normalized spacial score (nSPS) is 16.7. The van der Waals surface area contributed by atoms with Crippen LogP contribution in [0.3, 0.4) is 0 Å². The highest BCUT2D eigenvalue weighted by atomic mass is 16.5. The van der Waals surface area contributed by atoms with E-state index in [1.807, 2.05) is 36.4 Å². The van der Waals surface area contributed by atoms with Crippen LogP contribution in [0.4, 0.5) is 0 Å². The second kappa shape index (κ2) is 10.5. The van der Waals surface area contributed by atoms with Crippen molar-refractivity contribution in [2.24, 2.45) is 10.7 Å². The Balaban J connectivity index is 1.45. The highest BCUT2D eigenvalue weighted by molar-refractivity contribution is 5.94. The van der Waals surface area contributed by atoms with Gasteiger partial charge in [0, 0.05) is 25.3 Å². The molecule has 6 heteroatoms. The lowest BCUT2D eigenvalue weighted by atomic mass is 10.1. The minimum Gasteiger partial charge on any atom is -0.376 e. The van der Waals surface area contributed by atoms with E-state index in [0.717, 1.165) is 38.0 Å². The van der Waals surface area contributed by atoms with Gasteiger partial charge in [0.25, 0.3) is 5.91 Å². The molecule has 1 heterocycles. The Kier molecular flexibility index (Phi) is 7.44. The van der Waals surface area contributed by atoms with Gasteiger partial charge in [-0.05, 0) is 42.5 Å². The zero-order chi connectivity index (χ0) is 19.6. The van der Waals surface area contributed by atoms with Crippen LogP contribution in [0.15, 0.2) is 59.6 Å². The predicted molar refractivity (Wildman–Crippen MR) is 111 cm³/mol. The number of nitrogens with zero attached hydrogens (tertiary/aromatic N) is 1. The maximum Gasteiger partial charge on any atom is 0.251 e. The van der Waals surface area contributed by atoms with Crippen LogP contribution in [0, 0.1) is 0 Å². The molecule has 2 aromatic rings. The number of benzene rings is 2. The fourth-order valence-electron chi connectivity index (χ4n) is 3.14. The van der Waals surface area contributed by atoms with Gasteiger partial charge in [0.05, 0.1) is 12.6 Å². The van der Waals surface area contributed by atoms with Crippen LogP contribution in [-0.2, 0) is 17.7 Å². The Hall–Kier alpha value is -2.86. The number of carbonyl (C=O) groups excluding carboxylic acids is 1. The molecule has 1 unspecified atom stereocenters. The van der Waals surface area contributed by atoms with Crippen molar-refractivity contribution in [3.05, 3.63) is 71.3 Å². The van der Waals surface area contributed by atoms with Gasteiger partial charge in [0.2, 0.25) is 0 Å². The van der Waals surface area contributed by atoms with E-state index in [1.165, 1.54) is 5.56 Å². The molecule has 1 saturated heterocycles. The lowest BCUT2D eigenvalue weighted by Gasteiger charge is -2.11. The average molecular weight is 380 g/mol. The number of hydrogen-bond acceptors (Lipinski definition) is 3. The molecule has 1 aliphatic heterocycles. The lowest BCUT2D eigenvalue weighted by Crippen LogP contribution is -2.33. The number of guanidine groups is 1. The summed E-state index contributed by atoms with van der Waals surface area (Å²) in [4.78, 5) is 16.7. The highest BCUT2D eigenvalue weighted by Crippen LogP contribution is 2.11. The zero-order valence-electron chi connectivity index (χ0n) is 16.1. The summed E-state index contributed by atoms with van der Waals surface area (Å²) in [5, 5.41) is 6.06. The molecule has 4 N–H and O–H groups in total. The summed E-state index contributed by atoms with van der Waals surface area (Å²) >= 11 is 0. The number of nitrogens with two attached hydrogens (primary N) is 1. The van der Waals surface area contributed by atoms with Gasteiger partial charge >= 0.3 is 0 Å². The number of rotatable bonds is 8. The van der Waals surface area contributed by atoms with Crippen LogP contribution in [0.5, 0.6) is 0 Å². The molecule has 0 aromatic heterocycles. The van der Waals surface area contributed by atoms with Crippen LogP contribution in [0.25, 0.3) is 0 Å². The molecule has 3 rings (SSSR count). The molecule has 1 amide bonds. The Labute approximate surface area is 166 Å². The minimum absolute atomic E-state index is 0.0877. The van der Waals surface area contributed by atoms with E-state index < -0.39 is 0 Å². The van der Waals surface area contributed by atoms with Crippen molar-refractivity contribution in [2.75, 3.05) is 19.7 Å². The van der Waals surface area contributed by atoms with Gasteiger partial charge in [-0.1, -0.05) is 42.5 Å². The van der Waals surface area contributed by atoms with Gasteiger partial charge < -0.3 is 21.1 Å². The summed E-state index contributed by atoms with van der Waals surface area (Å²) < 4.78 is 5.53. The average Bonchev–Trinajstić information content (AvgIpc) is 3.25. The van der Waals surface area contributed by atoms with E-state index >= 15 is 0 Å². The Morgan fingerprint density at radius 1 is 1.11 bits per heavy atom. The molecule has 0 radical (unpaired) electrons. The summed E-state index contributed by atoms with van der Waals surface area (Å²) in [6.45, 7) is 2.50. The van der Waals surface area contributed by atoms with Gasteiger partial charge in [-0.2, -0.15) is 0 Å². The first-order valence-electron chi connectivity index (χ1n) is 9.77. The summed E-state index contributed by atoms with van der Waals surface area (Å²) in [6.07, 6.45) is 3.09. The van der Waals surface area contributed by atoms with Crippen molar-refractivity contribution in [2.45, 2.75) is 31.9 Å². The number of carbonyl (C=O) groups is 1. The fourth-order valence-corrected chi connectivity index (χ4v) is 3.14. The second-order valence-electron chi connectivity index (χ2n) is 6.91. The molecule has 2 aromatic carbocycles. The maximum atomic E-state index is 12.3. The number of hydrogen-bond donors (Lipinski definition) is 3. The van der Waals surface area contributed by atoms with Crippen molar-refractivity contribution in [3.63, 3.8) is 0 Å². The number of aliphatic imine (C=N–C) groups is 1. The first-order valence-corrected chi connectivity index (χ1v) is 9.77. The summed E-state index contributed by atoms with van der Waals surface area (Å²) in [6, 6.07) is 17.7. The quantitative estimate of drug-likeness (QED) is 0.484. The molecule has 0 bridgehead atoms. The monoisotopic (exact) mass is 380 g/mol. The van der Waals surface area contributed by atoms with Crippen molar-refractivity contribution in [1.29, 1.82) is 0 Å². The van der Waals surface area contributed by atoms with Crippen molar-refractivity contribution < 1.29 is 9.53 Å². The van der Waals surface area contributed by atoms with Gasteiger partial charge in [-0.15, -0.1) is 0 Å². The smallest absolute Gasteiger partial charge is 0.251 e. The van der Waals surface area contributed by atoms with E-state index in [2.05, 4.69) is 27.8 Å². The van der Waals surface area contributed by atoms with Gasteiger partial charge in [-0.3, -0.25) is 4.79 Å². The van der Waals surface area contributed by atoms with Crippen molar-refractivity contribution >= 4 is 11.9 Å². The molecule has 28 heavy (non-hydrogen) atoms. The molecule has 0 spiro atoms. The number of ether oxygens (including phenoxy) is 1. The topological polar surface area (TPSA) is 88.7 Å². The maximum absolute atomic E-state index is 12.3. The van der Waals surface area contributed by atoms with E-state index in [9.17, 15) is 4.79 Å². The molecule has 0 aliphatic carbocycles. The third kappa shape index (κ3) is 6.39. The van der Waals surface area contributed by atoms with Crippen LogP contribution in [0.2, 0.25) is 0 Å². The molecule has 148 valence electrons. The highest BCUT2D eigenvalue weighted by Gasteiger charge is 2.16. The Bertz CT molecular complexity index is 786. The van der Waals surface area contributed by atoms with Crippen LogP contribution in [0.1, 0.15) is 34.3 Å². The van der Waals surface area contributed by atoms with Gasteiger partial charge in [0.15, 0.2) is 5.96 Å². The number of nitrogens with one attached hydrogen (secondary N) is 2. The lowest BCUT2D eigenvalue weighted by molar-refractivity contribution is 0.0857. The molecule has 0 saturated carbocycles. The fraction of sp³-hybridized carbons (Fsp3) is 0.364. The van der Waals surface area contributed by atoms with E-state index in [1.54, 1.807) is 6.07 Å². The SMILES string of the molecule is NC(=NCc1cccc(C(=O)NCC2CCCO2)c1)NCCc1ccccc1. The van der Waals surface area contributed by atoms with Gasteiger partial charge in [-0.25, -0.2) is 4.99 Å². The van der Waals surface area contributed by atoms with E-state index in [-0.39, 0.29) is 12.0 Å². The summed E-state index contributed by atoms with van der Waals surface area (Å²) in [7, 11) is 0. The summed E-state index contributed by atoms with van der Waals surface area (Å²) in [5.41, 5.74) is 8.77. The Morgan fingerprint density at radius 2 is 1.93 bits per heavy atom. The minimum atomic E-state index is -0.0877. The first kappa shape index (κ1) is 19.9. The molecular weight excluding hydrogens is 352 g/mol. The number of amides is 1. The molecule has 1 aliphatic rings. The van der Waals surface area contributed by atoms with E-state index in [0.29, 0.717) is 24.6 Å². The van der Waals surface area contributed by atoms with Crippen LogP contribution in [-0.4, -0.2) is 37.7 Å². The van der Waals surface area contributed by atoms with Crippen molar-refractivity contribution in [1.82, 2.24) is 10.6 Å². The standard InChI is InChI=1S/C22H28N4O2/c23-22(24-12-11-17-6-2-1-3-7-17)26-15-18-8-4-9-19(14-18)21(27)25-16-20-10-5-13-28-20/h1-4,6-9,14,20H,5,10-13,15-16H2,(H,25,27)(H3,23,24,26). The molecule has 1 atom stereocenters. The predicted octanol–water partition coefficient (Wildman–Crippen LogP) is 2.24. The largest absolute Gasteiger partial charge is 0.376 e. The van der Waals surface area contributed by atoms with E-state index in [4.69, 9.17) is 10.5 Å². The van der Waals surface area contributed by atoms with Crippen LogP contribution < -0.4 is 16.4 Å². The van der Waals surface area contributed by atoms with Crippen molar-refractivity contribution in [3.8, 4) is 0 Å². The third-order valence-corrected chi connectivity index (χ3v) is 4.70. The Morgan fingerprint density at radius 3 is 2.71 bits per heavy atom. The third-order valence-electron chi connectivity index (χ3n) is 4.70. The van der Waals surface area contributed by atoms with Gasteiger partial charge in [0.1, 0.15) is 0 Å². The molecular formula is C22H28N4O2. The second-order valence-corrected chi connectivity index (χ2v) is 6.91. The first-order chi connectivity index (χ1) is 13.7.